The number of aryl methyl sites for hydroxylation is 3. The maximum Gasteiger partial charge on any atom is 0.342 e. The van der Waals surface area contributed by atoms with Crippen LogP contribution in [0.4, 0.5) is 5.69 Å². The Kier molecular flexibility index (Phi) is 5.23. The molecule has 0 saturated heterocycles. The van der Waals surface area contributed by atoms with Gasteiger partial charge in [-0.3, -0.25) is 4.79 Å². The highest BCUT2D eigenvalue weighted by Crippen LogP contribution is 2.18. The molecule has 2 aromatic rings. The Bertz CT molecular complexity index is 721. The van der Waals surface area contributed by atoms with Crippen LogP contribution in [0.1, 0.15) is 27.4 Å². The zero-order chi connectivity index (χ0) is 16.3. The maximum absolute atomic E-state index is 11.9. The van der Waals surface area contributed by atoms with Crippen LogP contribution in [0, 0.1) is 24.3 Å². The third-order valence-electron chi connectivity index (χ3n) is 3.06. The quantitative estimate of drug-likeness (QED) is 0.615. The summed E-state index contributed by atoms with van der Waals surface area (Å²) in [4.78, 5) is 23.7. The summed E-state index contributed by atoms with van der Waals surface area (Å²) in [7, 11) is 0. The van der Waals surface area contributed by atoms with E-state index in [4.69, 9.17) is 9.15 Å². The van der Waals surface area contributed by atoms with Crippen molar-refractivity contribution < 1.29 is 18.7 Å². The summed E-state index contributed by atoms with van der Waals surface area (Å²) in [6.07, 6.45) is 0. The minimum Gasteiger partial charge on any atom is -0.466 e. The number of hydrogen-bond acceptors (Lipinski definition) is 4. The second-order valence-electron chi connectivity index (χ2n) is 4.91. The van der Waals surface area contributed by atoms with Gasteiger partial charge in [0, 0.05) is 9.26 Å². The SMILES string of the molecule is Cc1cc(C(=O)OCC(=O)Nc2ccc(I)cc2C)c(C)o1. The highest BCUT2D eigenvalue weighted by molar-refractivity contribution is 14.1. The van der Waals surface area contributed by atoms with Gasteiger partial charge in [0.25, 0.3) is 5.91 Å². The Morgan fingerprint density at radius 3 is 2.55 bits per heavy atom. The van der Waals surface area contributed by atoms with Gasteiger partial charge >= 0.3 is 5.97 Å². The van der Waals surface area contributed by atoms with E-state index in [1.54, 1.807) is 19.9 Å². The zero-order valence-electron chi connectivity index (χ0n) is 12.5. The van der Waals surface area contributed by atoms with Gasteiger partial charge in [-0.05, 0) is 73.2 Å². The summed E-state index contributed by atoms with van der Waals surface area (Å²) in [5.74, 6) is 0.166. The van der Waals surface area contributed by atoms with Gasteiger partial charge < -0.3 is 14.5 Å². The van der Waals surface area contributed by atoms with E-state index in [1.165, 1.54) is 0 Å². The number of anilines is 1. The molecule has 0 spiro atoms. The minimum atomic E-state index is -0.566. The van der Waals surface area contributed by atoms with E-state index < -0.39 is 5.97 Å². The monoisotopic (exact) mass is 413 g/mol. The zero-order valence-corrected chi connectivity index (χ0v) is 14.7. The normalized spacial score (nSPS) is 10.4. The molecule has 1 heterocycles. The second kappa shape index (κ2) is 6.95. The van der Waals surface area contributed by atoms with Crippen LogP contribution >= 0.6 is 22.6 Å². The molecule has 0 aliphatic rings. The number of halogens is 1. The Balaban J connectivity index is 1.92. The third-order valence-corrected chi connectivity index (χ3v) is 3.73. The van der Waals surface area contributed by atoms with E-state index in [1.807, 2.05) is 25.1 Å². The first-order valence-electron chi connectivity index (χ1n) is 6.67. The number of rotatable bonds is 4. The van der Waals surface area contributed by atoms with Crippen LogP contribution in [0.3, 0.4) is 0 Å². The lowest BCUT2D eigenvalue weighted by molar-refractivity contribution is -0.119. The number of esters is 1. The summed E-state index contributed by atoms with van der Waals surface area (Å²) < 4.78 is 11.4. The van der Waals surface area contributed by atoms with Gasteiger partial charge in [0.15, 0.2) is 6.61 Å². The van der Waals surface area contributed by atoms with Crippen LogP contribution in [0.2, 0.25) is 0 Å². The number of ether oxygens (including phenoxy) is 1. The Morgan fingerprint density at radius 2 is 1.95 bits per heavy atom. The number of amides is 1. The maximum atomic E-state index is 11.9. The van der Waals surface area contributed by atoms with Crippen molar-refractivity contribution in [2.24, 2.45) is 0 Å². The van der Waals surface area contributed by atoms with Crippen molar-refractivity contribution in [1.29, 1.82) is 0 Å². The molecule has 0 saturated carbocycles. The number of hydrogen-bond donors (Lipinski definition) is 1. The van der Waals surface area contributed by atoms with Crippen molar-refractivity contribution in [3.8, 4) is 0 Å². The van der Waals surface area contributed by atoms with Gasteiger partial charge in [-0.25, -0.2) is 4.79 Å². The van der Waals surface area contributed by atoms with E-state index in [9.17, 15) is 9.59 Å². The van der Waals surface area contributed by atoms with Crippen molar-refractivity contribution in [2.45, 2.75) is 20.8 Å². The molecule has 1 aromatic carbocycles. The first-order valence-corrected chi connectivity index (χ1v) is 7.75. The average Bonchev–Trinajstić information content (AvgIpc) is 2.78. The number of carbonyl (C=O) groups excluding carboxylic acids is 2. The molecule has 0 fully saturated rings. The molecule has 1 amide bonds. The van der Waals surface area contributed by atoms with Gasteiger partial charge in [-0.1, -0.05) is 0 Å². The predicted octanol–water partition coefficient (Wildman–Crippen LogP) is 3.60. The molecule has 0 unspecified atom stereocenters. The highest BCUT2D eigenvalue weighted by atomic mass is 127. The smallest absolute Gasteiger partial charge is 0.342 e. The summed E-state index contributed by atoms with van der Waals surface area (Å²) in [6, 6.07) is 7.27. The summed E-state index contributed by atoms with van der Waals surface area (Å²) >= 11 is 2.20. The molecular formula is C16H16INO4. The molecule has 0 aliphatic carbocycles. The van der Waals surface area contributed by atoms with E-state index >= 15 is 0 Å². The van der Waals surface area contributed by atoms with Gasteiger partial charge in [0.2, 0.25) is 0 Å². The van der Waals surface area contributed by atoms with Crippen LogP contribution < -0.4 is 5.32 Å². The van der Waals surface area contributed by atoms with Crippen molar-refractivity contribution in [1.82, 2.24) is 0 Å². The average molecular weight is 413 g/mol. The molecule has 0 radical (unpaired) electrons. The van der Waals surface area contributed by atoms with Crippen molar-refractivity contribution >= 4 is 40.2 Å². The fourth-order valence-electron chi connectivity index (χ4n) is 2.00. The molecule has 1 aromatic heterocycles. The number of furan rings is 1. The van der Waals surface area contributed by atoms with E-state index in [2.05, 4.69) is 27.9 Å². The van der Waals surface area contributed by atoms with E-state index in [0.29, 0.717) is 22.8 Å². The lowest BCUT2D eigenvalue weighted by Gasteiger charge is -2.09. The van der Waals surface area contributed by atoms with Crippen LogP contribution in [0.25, 0.3) is 0 Å². The van der Waals surface area contributed by atoms with Gasteiger partial charge in [-0.2, -0.15) is 0 Å². The molecule has 6 heteroatoms. The molecule has 116 valence electrons. The molecular weight excluding hydrogens is 397 g/mol. The van der Waals surface area contributed by atoms with Crippen LogP contribution in [-0.4, -0.2) is 18.5 Å². The Morgan fingerprint density at radius 1 is 1.23 bits per heavy atom. The lowest BCUT2D eigenvalue weighted by Crippen LogP contribution is -2.21. The minimum absolute atomic E-state index is 0.339. The topological polar surface area (TPSA) is 68.5 Å². The molecule has 0 atom stereocenters. The number of carbonyl (C=O) groups is 2. The molecule has 5 nitrogen and oxygen atoms in total. The number of benzene rings is 1. The summed E-state index contributed by atoms with van der Waals surface area (Å²) in [5.41, 5.74) is 2.00. The van der Waals surface area contributed by atoms with Crippen molar-refractivity contribution in [2.75, 3.05) is 11.9 Å². The van der Waals surface area contributed by atoms with E-state index in [-0.39, 0.29) is 12.5 Å². The van der Waals surface area contributed by atoms with Gasteiger partial charge in [-0.15, -0.1) is 0 Å². The summed E-state index contributed by atoms with van der Waals surface area (Å²) in [6.45, 7) is 4.99. The molecule has 0 aliphatic heterocycles. The third kappa shape index (κ3) is 4.09. The van der Waals surface area contributed by atoms with Crippen LogP contribution in [0.5, 0.6) is 0 Å². The lowest BCUT2D eigenvalue weighted by atomic mass is 10.2. The fraction of sp³-hybridized carbons (Fsp3) is 0.250. The standard InChI is InChI=1S/C16H16INO4/c1-9-6-12(17)4-5-14(9)18-15(19)8-21-16(20)13-7-10(2)22-11(13)3/h4-7H,8H2,1-3H3,(H,18,19). The van der Waals surface area contributed by atoms with Crippen LogP contribution in [0.15, 0.2) is 28.7 Å². The van der Waals surface area contributed by atoms with E-state index in [0.717, 1.165) is 9.13 Å². The molecule has 1 N–H and O–H groups in total. The number of nitrogens with one attached hydrogen (secondary N) is 1. The first-order chi connectivity index (χ1) is 10.4. The second-order valence-corrected chi connectivity index (χ2v) is 6.16. The van der Waals surface area contributed by atoms with Gasteiger partial charge in [0.1, 0.15) is 17.1 Å². The fourth-order valence-corrected chi connectivity index (χ4v) is 2.64. The summed E-state index contributed by atoms with van der Waals surface area (Å²) in [5, 5.41) is 2.72. The first kappa shape index (κ1) is 16.5. The molecule has 2 rings (SSSR count). The van der Waals surface area contributed by atoms with Crippen molar-refractivity contribution in [3.05, 3.63) is 50.5 Å². The molecule has 0 bridgehead atoms. The Hall–Kier alpha value is -1.83. The van der Waals surface area contributed by atoms with Gasteiger partial charge in [0.05, 0.1) is 0 Å². The molecule has 22 heavy (non-hydrogen) atoms. The Labute approximate surface area is 142 Å². The predicted molar refractivity (Wildman–Crippen MR) is 91.0 cm³/mol. The van der Waals surface area contributed by atoms with Crippen LogP contribution in [-0.2, 0) is 9.53 Å². The van der Waals surface area contributed by atoms with Crippen molar-refractivity contribution in [3.63, 3.8) is 0 Å². The largest absolute Gasteiger partial charge is 0.466 e. The highest BCUT2D eigenvalue weighted by Gasteiger charge is 2.16.